The summed E-state index contributed by atoms with van der Waals surface area (Å²) < 4.78 is 0. The fourth-order valence-electron chi connectivity index (χ4n) is 2.46. The van der Waals surface area contributed by atoms with Gasteiger partial charge in [0.05, 0.1) is 0 Å². The lowest BCUT2D eigenvalue weighted by Crippen LogP contribution is -2.19. The van der Waals surface area contributed by atoms with Gasteiger partial charge in [0.25, 0.3) is 5.91 Å². The molecule has 0 spiro atoms. The van der Waals surface area contributed by atoms with Crippen LogP contribution >= 0.6 is 0 Å². The second-order valence-corrected chi connectivity index (χ2v) is 6.54. The minimum Gasteiger partial charge on any atom is -0.361 e. The summed E-state index contributed by atoms with van der Waals surface area (Å²) in [7, 11) is 1.66. The first-order valence-electron chi connectivity index (χ1n) is 8.37. The number of benzene rings is 2. The van der Waals surface area contributed by atoms with Crippen LogP contribution in [0.4, 0.5) is 0 Å². The van der Waals surface area contributed by atoms with E-state index in [1.807, 2.05) is 30.5 Å². The van der Waals surface area contributed by atoms with Crippen LogP contribution in [0.1, 0.15) is 42.3 Å². The molecule has 0 aliphatic rings. The van der Waals surface area contributed by atoms with E-state index >= 15 is 0 Å². The molecule has 0 saturated carbocycles. The molecule has 126 valence electrons. The number of H-pyrrole nitrogens is 1. The van der Waals surface area contributed by atoms with Gasteiger partial charge < -0.3 is 10.3 Å². The molecule has 0 unspecified atom stereocenters. The molecule has 3 rings (SSSR count). The summed E-state index contributed by atoms with van der Waals surface area (Å²) in [4.78, 5) is 15.1. The van der Waals surface area contributed by atoms with Crippen LogP contribution in [0.3, 0.4) is 0 Å². The summed E-state index contributed by atoms with van der Waals surface area (Å²) in [6, 6.07) is 16.1. The van der Waals surface area contributed by atoms with Gasteiger partial charge in [0.1, 0.15) is 0 Å². The number of hydrogen-bond donors (Lipinski definition) is 2. The van der Waals surface area contributed by atoms with E-state index in [4.69, 9.17) is 0 Å². The first-order chi connectivity index (χ1) is 11.5. The minimum atomic E-state index is -0.0386. The Kier molecular flexibility index (Phi) is 6.19. The molecule has 3 aromatic rings. The molecule has 0 atom stereocenters. The predicted octanol–water partition coefficient (Wildman–Crippen LogP) is 4.78. The van der Waals surface area contributed by atoms with E-state index in [2.05, 4.69) is 55.3 Å². The van der Waals surface area contributed by atoms with Crippen molar-refractivity contribution in [2.45, 2.75) is 27.2 Å². The van der Waals surface area contributed by atoms with Gasteiger partial charge in [-0.2, -0.15) is 0 Å². The largest absolute Gasteiger partial charge is 0.361 e. The van der Waals surface area contributed by atoms with Crippen molar-refractivity contribution < 1.29 is 4.79 Å². The van der Waals surface area contributed by atoms with Gasteiger partial charge in [-0.25, -0.2) is 0 Å². The number of carbonyl (C=O) groups is 1. The molecule has 1 heterocycles. The van der Waals surface area contributed by atoms with Crippen LogP contribution in [0.15, 0.2) is 54.7 Å². The second-order valence-electron chi connectivity index (χ2n) is 6.54. The van der Waals surface area contributed by atoms with E-state index in [1.54, 1.807) is 7.05 Å². The summed E-state index contributed by atoms with van der Waals surface area (Å²) in [5.41, 5.74) is 4.12. The third-order valence-electron chi connectivity index (χ3n) is 3.50. The van der Waals surface area contributed by atoms with Gasteiger partial charge in [0.15, 0.2) is 0 Å². The highest BCUT2D eigenvalue weighted by Gasteiger charge is 2.09. The molecule has 1 amide bonds. The number of amides is 1. The number of rotatable bonds is 3. The summed E-state index contributed by atoms with van der Waals surface area (Å²) in [6.07, 6.45) is 2.69. The molecule has 24 heavy (non-hydrogen) atoms. The van der Waals surface area contributed by atoms with Gasteiger partial charge >= 0.3 is 0 Å². The lowest BCUT2D eigenvalue weighted by atomic mass is 9.98. The number of hydrogen-bond acceptors (Lipinski definition) is 1. The molecule has 3 nitrogen and oxygen atoms in total. The fourth-order valence-corrected chi connectivity index (χ4v) is 2.46. The van der Waals surface area contributed by atoms with E-state index < -0.39 is 0 Å². The Labute approximate surface area is 144 Å². The number of carbonyl (C=O) groups excluding carboxylic acids is 1. The molecule has 0 bridgehead atoms. The number of aromatic amines is 1. The van der Waals surface area contributed by atoms with Crippen molar-refractivity contribution in [3.63, 3.8) is 0 Å². The van der Waals surface area contributed by atoms with Gasteiger partial charge in [-0.1, -0.05) is 45.0 Å². The maximum atomic E-state index is 11.9. The molecule has 0 saturated heterocycles. The highest BCUT2D eigenvalue weighted by Crippen LogP contribution is 2.19. The lowest BCUT2D eigenvalue weighted by Gasteiger charge is -2.08. The maximum Gasteiger partial charge on any atom is 0.251 e. The third-order valence-corrected chi connectivity index (χ3v) is 3.50. The van der Waals surface area contributed by atoms with Crippen LogP contribution in [0.2, 0.25) is 0 Å². The van der Waals surface area contributed by atoms with E-state index in [0.717, 1.165) is 29.0 Å². The number of nitrogens with one attached hydrogen (secondary N) is 2. The SMILES string of the molecule is CC(C)C.CNC(=O)c1ccccc1Cc1ccc2[nH]ccc2c1. The molecule has 0 aliphatic carbocycles. The summed E-state index contributed by atoms with van der Waals surface area (Å²) in [6.45, 7) is 6.50. The summed E-state index contributed by atoms with van der Waals surface area (Å²) in [5.74, 6) is 0.795. The van der Waals surface area contributed by atoms with E-state index in [1.165, 1.54) is 10.9 Å². The standard InChI is InChI=1S/C17H16N2O.C4H10/c1-18-17(20)15-5-3-2-4-13(15)10-12-6-7-16-14(11-12)8-9-19-16;1-4(2)3/h2-9,11,19H,10H2,1H3,(H,18,20);4H,1-3H3. The maximum absolute atomic E-state index is 11.9. The quantitative estimate of drug-likeness (QED) is 0.716. The molecule has 0 fully saturated rings. The van der Waals surface area contributed by atoms with Gasteiger partial charge in [0.2, 0.25) is 0 Å². The van der Waals surface area contributed by atoms with Crippen molar-refractivity contribution >= 4 is 16.8 Å². The predicted molar refractivity (Wildman–Crippen MR) is 101 cm³/mol. The average molecular weight is 322 g/mol. The molecule has 0 aliphatic heterocycles. The van der Waals surface area contributed by atoms with Crippen molar-refractivity contribution in [3.05, 3.63) is 71.4 Å². The van der Waals surface area contributed by atoms with Crippen LogP contribution in [0, 0.1) is 5.92 Å². The third kappa shape index (κ3) is 4.72. The lowest BCUT2D eigenvalue weighted by molar-refractivity contribution is 0.0962. The van der Waals surface area contributed by atoms with Crippen LogP contribution in [-0.2, 0) is 6.42 Å². The van der Waals surface area contributed by atoms with Crippen LogP contribution in [-0.4, -0.2) is 17.9 Å². The molecule has 2 N–H and O–H groups in total. The Bertz CT molecular complexity index is 799. The molecule has 2 aromatic carbocycles. The van der Waals surface area contributed by atoms with Crippen LogP contribution in [0.25, 0.3) is 10.9 Å². The zero-order chi connectivity index (χ0) is 17.5. The monoisotopic (exact) mass is 322 g/mol. The summed E-state index contributed by atoms with van der Waals surface area (Å²) >= 11 is 0. The molecule has 0 radical (unpaired) electrons. The normalized spacial score (nSPS) is 10.4. The molecule has 1 aromatic heterocycles. The smallest absolute Gasteiger partial charge is 0.251 e. The minimum absolute atomic E-state index is 0.0386. The van der Waals surface area contributed by atoms with Gasteiger partial charge in [0, 0.05) is 24.3 Å². The van der Waals surface area contributed by atoms with E-state index in [-0.39, 0.29) is 5.91 Å². The molecule has 3 heteroatoms. The van der Waals surface area contributed by atoms with Gasteiger partial charge in [-0.3, -0.25) is 4.79 Å². The topological polar surface area (TPSA) is 44.9 Å². The first-order valence-corrected chi connectivity index (χ1v) is 8.37. The van der Waals surface area contributed by atoms with Crippen molar-refractivity contribution in [1.29, 1.82) is 0 Å². The fraction of sp³-hybridized carbons (Fsp3) is 0.286. The Morgan fingerprint density at radius 1 is 1.08 bits per heavy atom. The highest BCUT2D eigenvalue weighted by atomic mass is 16.1. The van der Waals surface area contributed by atoms with Crippen LogP contribution < -0.4 is 5.32 Å². The first kappa shape index (κ1) is 17.8. The average Bonchev–Trinajstić information content (AvgIpc) is 3.02. The van der Waals surface area contributed by atoms with Crippen molar-refractivity contribution in [1.82, 2.24) is 10.3 Å². The number of fused-ring (bicyclic) bond motifs is 1. The Morgan fingerprint density at radius 3 is 2.50 bits per heavy atom. The second kappa shape index (κ2) is 8.34. The van der Waals surface area contributed by atoms with Gasteiger partial charge in [-0.15, -0.1) is 0 Å². The molecular formula is C21H26N2O. The van der Waals surface area contributed by atoms with E-state index in [9.17, 15) is 4.79 Å². The molecular weight excluding hydrogens is 296 g/mol. The Balaban J connectivity index is 0.000000471. The number of aromatic nitrogens is 1. The van der Waals surface area contributed by atoms with Crippen LogP contribution in [0.5, 0.6) is 0 Å². The summed E-state index contributed by atoms with van der Waals surface area (Å²) in [5, 5.41) is 3.88. The zero-order valence-corrected chi connectivity index (χ0v) is 14.9. The van der Waals surface area contributed by atoms with Crippen molar-refractivity contribution in [3.8, 4) is 0 Å². The highest BCUT2D eigenvalue weighted by molar-refractivity contribution is 5.95. The van der Waals surface area contributed by atoms with Gasteiger partial charge in [-0.05, 0) is 53.1 Å². The van der Waals surface area contributed by atoms with Crippen molar-refractivity contribution in [2.75, 3.05) is 7.05 Å². The van der Waals surface area contributed by atoms with E-state index in [0.29, 0.717) is 0 Å². The Morgan fingerprint density at radius 2 is 1.79 bits per heavy atom. The Hall–Kier alpha value is -2.55. The van der Waals surface area contributed by atoms with Crippen molar-refractivity contribution in [2.24, 2.45) is 5.92 Å². The zero-order valence-electron chi connectivity index (χ0n) is 14.9.